The van der Waals surface area contributed by atoms with Gasteiger partial charge in [0.25, 0.3) is 0 Å². The molecule has 6 heteroatoms. The summed E-state index contributed by atoms with van der Waals surface area (Å²) >= 11 is 0. The summed E-state index contributed by atoms with van der Waals surface area (Å²) in [6, 6.07) is -0.258. The van der Waals surface area contributed by atoms with Gasteiger partial charge in [0.2, 0.25) is 0 Å². The molecule has 0 heterocycles. The second-order valence-corrected chi connectivity index (χ2v) is 4.41. The zero-order valence-electron chi connectivity index (χ0n) is 12.2. The van der Waals surface area contributed by atoms with Gasteiger partial charge in [0.15, 0.2) is 5.96 Å². The third-order valence-corrected chi connectivity index (χ3v) is 2.69. The van der Waals surface area contributed by atoms with Gasteiger partial charge in [-0.3, -0.25) is 9.79 Å². The van der Waals surface area contributed by atoms with Crippen LogP contribution in [0.15, 0.2) is 4.99 Å². The van der Waals surface area contributed by atoms with E-state index in [-0.39, 0.29) is 18.0 Å². The number of ether oxygens (including phenoxy) is 1. The van der Waals surface area contributed by atoms with Crippen molar-refractivity contribution in [2.75, 3.05) is 19.7 Å². The normalized spacial score (nSPS) is 11.9. The number of guanidine groups is 1. The Balaban J connectivity index is 4.03. The molecule has 0 saturated carbocycles. The number of hydrogen-bond acceptors (Lipinski definition) is 4. The number of carbonyl (C=O) groups excluding carboxylic acids is 1. The average Bonchev–Trinajstić information content (AvgIpc) is 2.36. The SMILES string of the molecule is CCCCCN[C@@H](CCCN=C(N)N)C(=O)OCC. The quantitative estimate of drug-likeness (QED) is 0.223. The predicted molar refractivity (Wildman–Crippen MR) is 77.9 cm³/mol. The lowest BCUT2D eigenvalue weighted by Crippen LogP contribution is -2.38. The van der Waals surface area contributed by atoms with Crippen molar-refractivity contribution in [1.82, 2.24) is 5.32 Å². The highest BCUT2D eigenvalue weighted by Gasteiger charge is 2.18. The number of carbonyl (C=O) groups is 1. The molecule has 0 aromatic heterocycles. The van der Waals surface area contributed by atoms with E-state index < -0.39 is 0 Å². The van der Waals surface area contributed by atoms with Crippen molar-refractivity contribution in [3.8, 4) is 0 Å². The van der Waals surface area contributed by atoms with Crippen LogP contribution in [0.5, 0.6) is 0 Å². The van der Waals surface area contributed by atoms with Gasteiger partial charge in [0.1, 0.15) is 6.04 Å². The van der Waals surface area contributed by atoms with Gasteiger partial charge in [-0.25, -0.2) is 0 Å². The van der Waals surface area contributed by atoms with Crippen LogP contribution in [-0.4, -0.2) is 37.7 Å². The highest BCUT2D eigenvalue weighted by molar-refractivity contribution is 5.76. The Morgan fingerprint density at radius 2 is 2.00 bits per heavy atom. The van der Waals surface area contributed by atoms with Gasteiger partial charge in [0.05, 0.1) is 6.61 Å². The van der Waals surface area contributed by atoms with Crippen LogP contribution in [0.3, 0.4) is 0 Å². The third-order valence-electron chi connectivity index (χ3n) is 2.69. The lowest BCUT2D eigenvalue weighted by Gasteiger charge is -2.16. The molecule has 0 unspecified atom stereocenters. The van der Waals surface area contributed by atoms with Gasteiger partial charge in [-0.05, 0) is 32.7 Å². The third kappa shape index (κ3) is 10.3. The van der Waals surface area contributed by atoms with Gasteiger partial charge in [-0.1, -0.05) is 19.8 Å². The van der Waals surface area contributed by atoms with Crippen LogP contribution >= 0.6 is 0 Å². The van der Waals surface area contributed by atoms with E-state index in [9.17, 15) is 4.79 Å². The van der Waals surface area contributed by atoms with Crippen LogP contribution < -0.4 is 16.8 Å². The van der Waals surface area contributed by atoms with Gasteiger partial charge in [-0.15, -0.1) is 0 Å². The summed E-state index contributed by atoms with van der Waals surface area (Å²) in [7, 11) is 0. The fourth-order valence-electron chi connectivity index (χ4n) is 1.70. The first kappa shape index (κ1) is 17.7. The highest BCUT2D eigenvalue weighted by Crippen LogP contribution is 2.02. The van der Waals surface area contributed by atoms with Gasteiger partial charge < -0.3 is 21.5 Å². The van der Waals surface area contributed by atoms with Crippen LogP contribution in [0.1, 0.15) is 46.0 Å². The Bertz CT molecular complexity index is 265. The molecule has 1 atom stereocenters. The molecule has 6 nitrogen and oxygen atoms in total. The molecule has 5 N–H and O–H groups in total. The lowest BCUT2D eigenvalue weighted by atomic mass is 10.1. The van der Waals surface area contributed by atoms with E-state index in [0.29, 0.717) is 19.6 Å². The maximum Gasteiger partial charge on any atom is 0.323 e. The minimum Gasteiger partial charge on any atom is -0.465 e. The highest BCUT2D eigenvalue weighted by atomic mass is 16.5. The number of rotatable bonds is 11. The first-order valence-corrected chi connectivity index (χ1v) is 7.07. The Morgan fingerprint density at radius 3 is 2.58 bits per heavy atom. The van der Waals surface area contributed by atoms with Crippen molar-refractivity contribution in [2.24, 2.45) is 16.5 Å². The smallest absolute Gasteiger partial charge is 0.323 e. The van der Waals surface area contributed by atoms with E-state index in [2.05, 4.69) is 17.2 Å². The molecule has 0 aromatic carbocycles. The van der Waals surface area contributed by atoms with E-state index in [1.54, 1.807) is 0 Å². The summed E-state index contributed by atoms with van der Waals surface area (Å²) in [5, 5.41) is 3.24. The summed E-state index contributed by atoms with van der Waals surface area (Å²) in [4.78, 5) is 15.7. The van der Waals surface area contributed by atoms with Crippen LogP contribution in [0.25, 0.3) is 0 Å². The Morgan fingerprint density at radius 1 is 1.26 bits per heavy atom. The van der Waals surface area contributed by atoms with E-state index in [4.69, 9.17) is 16.2 Å². The fraction of sp³-hybridized carbons (Fsp3) is 0.846. The van der Waals surface area contributed by atoms with E-state index >= 15 is 0 Å². The molecule has 0 aliphatic carbocycles. The number of nitrogens with one attached hydrogen (secondary N) is 1. The number of nitrogens with zero attached hydrogens (tertiary/aromatic N) is 1. The van der Waals surface area contributed by atoms with Gasteiger partial charge >= 0.3 is 5.97 Å². The molecule has 0 rings (SSSR count). The van der Waals surface area contributed by atoms with Gasteiger partial charge in [-0.2, -0.15) is 0 Å². The maximum atomic E-state index is 11.8. The first-order valence-electron chi connectivity index (χ1n) is 7.07. The fourth-order valence-corrected chi connectivity index (χ4v) is 1.70. The number of unbranched alkanes of at least 4 members (excludes halogenated alkanes) is 2. The molecule has 0 aliphatic heterocycles. The summed E-state index contributed by atoms with van der Waals surface area (Å²) in [6.07, 6.45) is 4.83. The molecule has 19 heavy (non-hydrogen) atoms. The minimum absolute atomic E-state index is 0.0867. The maximum absolute atomic E-state index is 11.8. The van der Waals surface area contributed by atoms with Crippen LogP contribution in [0.4, 0.5) is 0 Å². The predicted octanol–water partition coefficient (Wildman–Crippen LogP) is 0.752. The van der Waals surface area contributed by atoms with E-state index in [0.717, 1.165) is 32.2 Å². The van der Waals surface area contributed by atoms with Crippen LogP contribution in [0.2, 0.25) is 0 Å². The molecule has 0 bridgehead atoms. The molecule has 0 amide bonds. The topological polar surface area (TPSA) is 103 Å². The summed E-state index contributed by atoms with van der Waals surface area (Å²) in [6.45, 7) is 5.73. The second kappa shape index (κ2) is 11.8. The Kier molecular flexibility index (Phi) is 11.0. The standard InChI is InChI=1S/C13H28N4O2/c1-3-5-6-9-16-11(12(18)19-4-2)8-7-10-17-13(14)15/h11,16H,3-10H2,1-2H3,(H4,14,15,17)/t11-/m0/s1. The number of nitrogens with two attached hydrogens (primary N) is 2. The van der Waals surface area contributed by atoms with Crippen molar-refractivity contribution in [1.29, 1.82) is 0 Å². The molecule has 0 spiro atoms. The van der Waals surface area contributed by atoms with Gasteiger partial charge in [0, 0.05) is 6.54 Å². The second-order valence-electron chi connectivity index (χ2n) is 4.41. The van der Waals surface area contributed by atoms with E-state index in [1.807, 2.05) is 6.92 Å². The molecule has 0 aromatic rings. The number of esters is 1. The molecule has 112 valence electrons. The number of hydrogen-bond donors (Lipinski definition) is 3. The Hall–Kier alpha value is -1.30. The van der Waals surface area contributed by atoms with E-state index in [1.165, 1.54) is 0 Å². The molecule has 0 saturated heterocycles. The average molecular weight is 272 g/mol. The van der Waals surface area contributed by atoms with Crippen molar-refractivity contribution in [2.45, 2.75) is 52.0 Å². The Labute approximate surface area is 116 Å². The molecule has 0 aliphatic rings. The van der Waals surface area contributed by atoms with Crippen molar-refractivity contribution >= 4 is 11.9 Å². The summed E-state index contributed by atoms with van der Waals surface area (Å²) < 4.78 is 5.05. The van der Waals surface area contributed by atoms with Crippen molar-refractivity contribution < 1.29 is 9.53 Å². The van der Waals surface area contributed by atoms with Crippen LogP contribution in [0, 0.1) is 0 Å². The molecule has 0 radical (unpaired) electrons. The van der Waals surface area contributed by atoms with Crippen LogP contribution in [-0.2, 0) is 9.53 Å². The summed E-state index contributed by atoms with van der Waals surface area (Å²) in [5.41, 5.74) is 10.5. The first-order chi connectivity index (χ1) is 9.11. The van der Waals surface area contributed by atoms with Crippen molar-refractivity contribution in [3.63, 3.8) is 0 Å². The monoisotopic (exact) mass is 272 g/mol. The lowest BCUT2D eigenvalue weighted by molar-refractivity contribution is -0.145. The largest absolute Gasteiger partial charge is 0.465 e. The van der Waals surface area contributed by atoms with Crippen molar-refractivity contribution in [3.05, 3.63) is 0 Å². The zero-order chi connectivity index (χ0) is 14.5. The minimum atomic E-state index is -0.258. The zero-order valence-corrected chi connectivity index (χ0v) is 12.2. The molecular formula is C13H28N4O2. The molecular weight excluding hydrogens is 244 g/mol. The number of aliphatic imine (C=N–C) groups is 1. The summed E-state index contributed by atoms with van der Waals surface area (Å²) in [5.74, 6) is -0.104. The molecule has 0 fully saturated rings.